The largest absolute Gasteiger partial charge is 0.445 e. The van der Waals surface area contributed by atoms with Crippen molar-refractivity contribution in [2.45, 2.75) is 194 Å². The van der Waals surface area contributed by atoms with Crippen molar-refractivity contribution in [3.05, 3.63) is 94.5 Å². The van der Waals surface area contributed by atoms with Gasteiger partial charge in [0.05, 0.1) is 41.7 Å². The number of nitrogens with zero attached hydrogens (tertiary/aromatic N) is 4. The Labute approximate surface area is 568 Å². The monoisotopic (exact) mass is 1360 g/mol. The molecular weight excluding hydrogens is 1260 g/mol. The van der Waals surface area contributed by atoms with E-state index in [4.69, 9.17) is 32.2 Å². The number of hydrogen-bond acceptors (Lipinski definition) is 16. The smallest absolute Gasteiger partial charge is 0.408 e. The van der Waals surface area contributed by atoms with Crippen molar-refractivity contribution in [3.63, 3.8) is 0 Å². The van der Waals surface area contributed by atoms with Crippen LogP contribution in [0.15, 0.2) is 78.3 Å². The number of thiocarbonyl (C=S) groups is 1. The number of aromatic nitrogens is 1. The molecule has 3 heterocycles. The average molecular weight is 1360 g/mol. The lowest BCUT2D eigenvalue weighted by Gasteiger charge is -2.41. The number of carbonyl (C=O) groups excluding carboxylic acids is 10. The number of carbonyl (C=O) groups is 10. The van der Waals surface area contributed by atoms with Crippen LogP contribution in [0.5, 0.6) is 0 Å². The van der Waals surface area contributed by atoms with Crippen molar-refractivity contribution in [2.24, 2.45) is 29.4 Å². The number of unbranched alkanes of at least 4 members (excludes halogenated alkanes) is 2. The molecule has 2 aliphatic rings. The lowest BCUT2D eigenvalue weighted by atomic mass is 9.89. The SMILES string of the molecule is CCC(C)C(C(CC(=O)N1CCCC1C(OC)C(C)C(=S)NC(Cc1ccccc1)c1nccs1)OC)N(C)C(=O)C(NC(=O)C(C)(C)NC(=O)OCc1ccc(NC(=O)C(CCCNC(N)=O)NC(=O)C(NC(=O)CCCCCN2C(=O)C=CC2=O)C(C)C)cc1)C(C)C. The van der Waals surface area contributed by atoms with Crippen molar-refractivity contribution in [1.29, 1.82) is 0 Å². The molecule has 27 heteroatoms. The van der Waals surface area contributed by atoms with Gasteiger partial charge in [0.15, 0.2) is 0 Å². The summed E-state index contributed by atoms with van der Waals surface area (Å²) in [6, 6.07) is 11.6. The second kappa shape index (κ2) is 38.0. The molecule has 25 nitrogen and oxygen atoms in total. The molecule has 9 N–H and O–H groups in total. The molecule has 2 aromatic carbocycles. The molecule has 0 spiro atoms. The fraction of sp³-hybridized carbons (Fsp3) is 0.588. The molecule has 1 fully saturated rings. The lowest BCUT2D eigenvalue weighted by molar-refractivity contribution is -0.147. The quantitative estimate of drug-likeness (QED) is 0.0170. The number of thiazole rings is 1. The molecular formula is C68H100N12O13S2. The molecule has 10 unspecified atom stereocenters. The second-order valence-corrected chi connectivity index (χ2v) is 27.0. The minimum atomic E-state index is -1.58. The molecule has 10 atom stereocenters. The second-order valence-electron chi connectivity index (χ2n) is 25.7. The van der Waals surface area contributed by atoms with Gasteiger partial charge in [-0.25, -0.2) is 14.6 Å². The Bertz CT molecular complexity index is 3080. The van der Waals surface area contributed by atoms with Crippen molar-refractivity contribution in [3.8, 4) is 0 Å². The number of nitrogens with two attached hydrogens (primary N) is 1. The van der Waals surface area contributed by atoms with E-state index in [1.165, 1.54) is 33.1 Å². The zero-order chi connectivity index (χ0) is 70.1. The van der Waals surface area contributed by atoms with Crippen LogP contribution in [0.4, 0.5) is 15.3 Å². The zero-order valence-corrected chi connectivity index (χ0v) is 58.7. The number of imide groups is 1. The predicted octanol–water partition coefficient (Wildman–Crippen LogP) is 6.61. The van der Waals surface area contributed by atoms with Gasteiger partial charge in [-0.1, -0.05) is 116 Å². The number of urea groups is 1. The first-order chi connectivity index (χ1) is 45.1. The van der Waals surface area contributed by atoms with E-state index in [9.17, 15) is 47.9 Å². The van der Waals surface area contributed by atoms with Gasteiger partial charge in [-0.05, 0) is 99.8 Å². The van der Waals surface area contributed by atoms with Gasteiger partial charge in [-0.3, -0.25) is 43.3 Å². The highest BCUT2D eigenvalue weighted by molar-refractivity contribution is 7.80. The van der Waals surface area contributed by atoms with Crippen molar-refractivity contribution in [2.75, 3.05) is 46.2 Å². The van der Waals surface area contributed by atoms with Crippen LogP contribution in [0.2, 0.25) is 0 Å². The highest BCUT2D eigenvalue weighted by atomic mass is 32.1. The van der Waals surface area contributed by atoms with Crippen LogP contribution in [0.25, 0.3) is 0 Å². The van der Waals surface area contributed by atoms with E-state index in [-0.39, 0.29) is 98.8 Å². The third-order valence-corrected chi connectivity index (χ3v) is 18.8. The average Bonchev–Trinajstić information content (AvgIpc) is 1.79. The summed E-state index contributed by atoms with van der Waals surface area (Å²) in [5.74, 6) is -4.71. The maximum atomic E-state index is 14.7. The number of nitrogens with one attached hydrogen (secondary N) is 7. The van der Waals surface area contributed by atoms with E-state index in [1.807, 2.05) is 49.3 Å². The maximum absolute atomic E-state index is 14.7. The summed E-state index contributed by atoms with van der Waals surface area (Å²) in [6.45, 7) is 16.7. The number of ether oxygens (including phenoxy) is 3. The van der Waals surface area contributed by atoms with Gasteiger partial charge in [-0.15, -0.1) is 11.3 Å². The number of amides is 11. The summed E-state index contributed by atoms with van der Waals surface area (Å²) in [7, 11) is 4.83. The summed E-state index contributed by atoms with van der Waals surface area (Å²) >= 11 is 7.64. The van der Waals surface area contributed by atoms with Crippen LogP contribution in [0, 0.1) is 23.7 Å². The van der Waals surface area contributed by atoms with Crippen molar-refractivity contribution >= 4 is 93.6 Å². The van der Waals surface area contributed by atoms with Crippen molar-refractivity contribution < 1.29 is 62.2 Å². The van der Waals surface area contributed by atoms with Gasteiger partial charge in [0.25, 0.3) is 11.8 Å². The molecule has 1 aromatic heterocycles. The topological polar surface area (TPSA) is 331 Å². The maximum Gasteiger partial charge on any atom is 0.408 e. The summed E-state index contributed by atoms with van der Waals surface area (Å²) in [5.41, 5.74) is 5.66. The Morgan fingerprint density at radius 2 is 1.49 bits per heavy atom. The van der Waals surface area contributed by atoms with E-state index < -0.39 is 83.6 Å². The first-order valence-electron chi connectivity index (χ1n) is 32.8. The minimum Gasteiger partial charge on any atom is -0.445 e. The zero-order valence-electron chi connectivity index (χ0n) is 57.0. The molecule has 2 aliphatic heterocycles. The summed E-state index contributed by atoms with van der Waals surface area (Å²) < 4.78 is 17.9. The number of alkyl carbamates (subject to hydrolysis) is 1. The Morgan fingerprint density at radius 1 is 0.821 bits per heavy atom. The van der Waals surface area contributed by atoms with Crippen LogP contribution in [0.1, 0.15) is 149 Å². The first-order valence-corrected chi connectivity index (χ1v) is 34.1. The number of likely N-dealkylation sites (tertiary alicyclic amines) is 1. The minimum absolute atomic E-state index is 0.0268. The van der Waals surface area contributed by atoms with Gasteiger partial charge in [0, 0.05) is 82.7 Å². The number of rotatable bonds is 38. The Balaban J connectivity index is 1.15. The third kappa shape index (κ3) is 23.5. The molecule has 1 saturated heterocycles. The summed E-state index contributed by atoms with van der Waals surface area (Å²) in [6.07, 6.45) is 6.86. The van der Waals surface area contributed by atoms with E-state index >= 15 is 0 Å². The van der Waals surface area contributed by atoms with E-state index in [0.717, 1.165) is 21.9 Å². The lowest BCUT2D eigenvalue weighted by Crippen LogP contribution is -2.62. The Morgan fingerprint density at radius 3 is 2.09 bits per heavy atom. The first kappa shape index (κ1) is 77.8. The highest BCUT2D eigenvalue weighted by Crippen LogP contribution is 2.31. The number of benzene rings is 2. The highest BCUT2D eigenvalue weighted by Gasteiger charge is 2.44. The van der Waals surface area contributed by atoms with E-state index in [1.54, 1.807) is 88.6 Å². The van der Waals surface area contributed by atoms with Gasteiger partial charge in [0.1, 0.15) is 35.3 Å². The standard InChI is InChI=1S/C68H100N12O13S2/c1-13-43(6)58(51(91-11)39-55(84)79-36-21-25-50(79)59(92-12)44(7)62(94)74-49(63-70-34-37-95-63)38-45-22-16-14-17-23-45)78(10)64(87)57(42(4)5)76-65(88)68(8,9)77-67(90)93-40-46-27-29-47(30-28-46)72-60(85)48(24-20-33-71-66(69)89)73-61(86)56(41(2)3)75-52(81)26-18-15-19-35-80-53(82)31-32-54(80)83/h14,16-17,22-23,27-32,34,37,41-44,48-51,56-59H,13,15,18-21,24-26,33,35-36,38-40H2,1-12H3,(H,72,85)(H,73,86)(H,74,94)(H,75,81)(H,76,88)(H,77,90)(H3,69,71,89). The number of primary amides is 1. The molecule has 3 aromatic rings. The molecule has 5 rings (SSSR count). The molecule has 0 saturated carbocycles. The van der Waals surface area contributed by atoms with E-state index in [2.05, 4.69) is 54.3 Å². The third-order valence-electron chi connectivity index (χ3n) is 17.5. The molecule has 522 valence electrons. The number of hydrogen-bond donors (Lipinski definition) is 8. The Kier molecular flexibility index (Phi) is 31.1. The fourth-order valence-corrected chi connectivity index (χ4v) is 12.7. The van der Waals surface area contributed by atoms with Gasteiger partial charge in [0.2, 0.25) is 35.4 Å². The molecule has 11 amide bonds. The van der Waals surface area contributed by atoms with Gasteiger partial charge in [-0.2, -0.15) is 0 Å². The van der Waals surface area contributed by atoms with Crippen LogP contribution < -0.4 is 43.0 Å². The Hall–Kier alpha value is -7.88. The summed E-state index contributed by atoms with van der Waals surface area (Å²) in [4.78, 5) is 142. The van der Waals surface area contributed by atoms with Gasteiger partial charge < -0.3 is 67.0 Å². The molecule has 0 aliphatic carbocycles. The molecule has 0 bridgehead atoms. The van der Waals surface area contributed by atoms with Crippen LogP contribution in [0.3, 0.4) is 0 Å². The van der Waals surface area contributed by atoms with Crippen LogP contribution >= 0.6 is 23.6 Å². The molecule has 0 radical (unpaired) electrons. The van der Waals surface area contributed by atoms with Crippen LogP contribution in [-0.2, 0) is 65.6 Å². The predicted molar refractivity (Wildman–Crippen MR) is 366 cm³/mol. The molecule has 95 heavy (non-hydrogen) atoms. The fourth-order valence-electron chi connectivity index (χ4n) is 11.7. The van der Waals surface area contributed by atoms with Crippen molar-refractivity contribution in [1.82, 2.24) is 51.6 Å². The number of likely N-dealkylation sites (N-methyl/N-ethyl adjacent to an activating group) is 1. The number of methoxy groups -OCH3 is 2. The summed E-state index contributed by atoms with van der Waals surface area (Å²) in [5, 5.41) is 22.7. The number of anilines is 1. The van der Waals surface area contributed by atoms with E-state index in [0.29, 0.717) is 61.3 Å². The normalized spacial score (nSPS) is 16.8. The van der Waals surface area contributed by atoms with Gasteiger partial charge >= 0.3 is 12.1 Å². The van der Waals surface area contributed by atoms with Crippen LogP contribution in [-0.4, -0.2) is 173 Å².